The third kappa shape index (κ3) is 4.45. The van der Waals surface area contributed by atoms with Gasteiger partial charge in [0.2, 0.25) is 0 Å². The van der Waals surface area contributed by atoms with Crippen LogP contribution in [0.2, 0.25) is 0 Å². The maximum Gasteiger partial charge on any atom is 0.316 e. The summed E-state index contributed by atoms with van der Waals surface area (Å²) < 4.78 is 19.1. The Morgan fingerprint density at radius 3 is 2.33 bits per heavy atom. The lowest BCUT2D eigenvalue weighted by atomic mass is 10.1. The number of aromatic nitrogens is 1. The fraction of sp³-hybridized carbons (Fsp3) is 0.111. The summed E-state index contributed by atoms with van der Waals surface area (Å²) in [5.41, 5.74) is 1.99. The van der Waals surface area contributed by atoms with Crippen LogP contribution in [-0.4, -0.2) is 21.3 Å². The van der Waals surface area contributed by atoms with Gasteiger partial charge >= 0.3 is 5.97 Å². The van der Waals surface area contributed by atoms with Crippen LogP contribution in [0.5, 0.6) is 0 Å². The molecule has 1 heterocycles. The van der Waals surface area contributed by atoms with Crippen LogP contribution < -0.4 is 0 Å². The number of thiol groups is 1. The minimum atomic E-state index is -0.877. The minimum Gasteiger partial charge on any atom is -0.480 e. The van der Waals surface area contributed by atoms with Crippen LogP contribution in [0.25, 0.3) is 22.6 Å². The van der Waals surface area contributed by atoms with Gasteiger partial charge in [0.05, 0.1) is 10.8 Å². The highest BCUT2D eigenvalue weighted by Crippen LogP contribution is 2.32. The summed E-state index contributed by atoms with van der Waals surface area (Å²) in [6, 6.07) is 16.1. The van der Waals surface area contributed by atoms with E-state index in [2.05, 4.69) is 17.6 Å². The summed E-state index contributed by atoms with van der Waals surface area (Å²) in [5.74, 6) is -0.732. The zero-order valence-corrected chi connectivity index (χ0v) is 13.8. The molecule has 0 saturated carbocycles. The van der Waals surface area contributed by atoms with Crippen LogP contribution in [0.15, 0.2) is 65.4 Å². The van der Waals surface area contributed by atoms with Gasteiger partial charge in [0, 0.05) is 5.56 Å². The Kier molecular flexibility index (Phi) is 6.14. The van der Waals surface area contributed by atoms with Crippen molar-refractivity contribution in [1.29, 1.82) is 0 Å². The van der Waals surface area contributed by atoms with E-state index in [-0.39, 0.29) is 5.82 Å². The molecule has 3 aromatic rings. The molecule has 124 valence electrons. The minimum absolute atomic E-state index is 0.313. The first kappa shape index (κ1) is 17.7. The lowest BCUT2D eigenvalue weighted by Crippen LogP contribution is -2.06. The summed E-state index contributed by atoms with van der Waals surface area (Å²) in [6.07, 6.45) is 1.34. The van der Waals surface area contributed by atoms with E-state index in [0.29, 0.717) is 17.0 Å². The van der Waals surface area contributed by atoms with E-state index in [0.717, 1.165) is 5.56 Å². The van der Waals surface area contributed by atoms with Crippen molar-refractivity contribution in [2.24, 2.45) is 0 Å². The van der Waals surface area contributed by atoms with Crippen molar-refractivity contribution in [3.8, 4) is 22.6 Å². The molecule has 6 heteroatoms. The lowest BCUT2D eigenvalue weighted by Gasteiger charge is -2.02. The van der Waals surface area contributed by atoms with Crippen LogP contribution in [-0.2, 0) is 4.79 Å². The standard InChI is InChI=1S/C15H10FNO.C3H6O2S/c16-13-9-5-4-8-12(13)15-14(17-10-18-15)11-6-2-1-3-7-11;1-2(6)3(4)5/h1-10H;2,6H,1H3,(H,4,5). The first-order chi connectivity index (χ1) is 11.5. The van der Waals surface area contributed by atoms with Gasteiger partial charge in [0.25, 0.3) is 0 Å². The van der Waals surface area contributed by atoms with Crippen molar-refractivity contribution < 1.29 is 18.7 Å². The first-order valence-corrected chi connectivity index (χ1v) is 7.67. The molecule has 0 spiro atoms. The van der Waals surface area contributed by atoms with Crippen LogP contribution in [0.3, 0.4) is 0 Å². The molecule has 1 atom stereocenters. The fourth-order valence-electron chi connectivity index (χ4n) is 1.88. The quantitative estimate of drug-likeness (QED) is 0.684. The second kappa shape index (κ2) is 8.31. The van der Waals surface area contributed by atoms with Gasteiger partial charge in [0.15, 0.2) is 12.2 Å². The molecule has 24 heavy (non-hydrogen) atoms. The Morgan fingerprint density at radius 1 is 1.17 bits per heavy atom. The number of oxazole rings is 1. The second-order valence-electron chi connectivity index (χ2n) is 4.89. The lowest BCUT2D eigenvalue weighted by molar-refractivity contribution is -0.136. The monoisotopic (exact) mass is 345 g/mol. The largest absolute Gasteiger partial charge is 0.480 e. The number of nitrogens with zero attached hydrogens (tertiary/aromatic N) is 1. The number of aliphatic carboxylic acids is 1. The third-order valence-corrected chi connectivity index (χ3v) is 3.31. The summed E-state index contributed by atoms with van der Waals surface area (Å²) >= 11 is 3.59. The number of carboxylic acids is 1. The molecule has 0 saturated heterocycles. The average molecular weight is 345 g/mol. The molecule has 1 aromatic heterocycles. The molecular formula is C18H16FNO3S. The predicted octanol–water partition coefficient (Wildman–Crippen LogP) is 4.54. The first-order valence-electron chi connectivity index (χ1n) is 7.15. The molecule has 0 radical (unpaired) electrons. The molecule has 0 bridgehead atoms. The Morgan fingerprint density at radius 2 is 1.75 bits per heavy atom. The van der Waals surface area contributed by atoms with Crippen LogP contribution in [0, 0.1) is 5.82 Å². The Labute approximate surface area is 144 Å². The summed E-state index contributed by atoms with van der Waals surface area (Å²) in [5, 5.41) is 7.38. The number of halogens is 1. The molecule has 4 nitrogen and oxygen atoms in total. The summed E-state index contributed by atoms with van der Waals surface area (Å²) in [6.45, 7) is 1.51. The Hall–Kier alpha value is -2.60. The SMILES string of the molecule is CC(S)C(=O)O.Fc1ccccc1-c1ocnc1-c1ccccc1. The van der Waals surface area contributed by atoms with Crippen molar-refractivity contribution in [3.05, 3.63) is 66.8 Å². The molecule has 0 aliphatic heterocycles. The van der Waals surface area contributed by atoms with Crippen molar-refractivity contribution in [2.45, 2.75) is 12.2 Å². The molecule has 0 amide bonds. The third-order valence-electron chi connectivity index (χ3n) is 3.09. The van der Waals surface area contributed by atoms with Crippen molar-refractivity contribution in [1.82, 2.24) is 4.98 Å². The zero-order valence-electron chi connectivity index (χ0n) is 12.9. The van der Waals surface area contributed by atoms with Gasteiger partial charge in [-0.3, -0.25) is 4.79 Å². The Bertz CT molecular complexity index is 803. The number of benzene rings is 2. The molecule has 1 unspecified atom stereocenters. The van der Waals surface area contributed by atoms with E-state index < -0.39 is 11.2 Å². The smallest absolute Gasteiger partial charge is 0.316 e. The van der Waals surface area contributed by atoms with Crippen molar-refractivity contribution in [3.63, 3.8) is 0 Å². The van der Waals surface area contributed by atoms with Gasteiger partial charge in [0.1, 0.15) is 11.5 Å². The normalized spacial score (nSPS) is 11.3. The van der Waals surface area contributed by atoms with Gasteiger partial charge in [-0.15, -0.1) is 0 Å². The summed E-state index contributed by atoms with van der Waals surface area (Å²) in [7, 11) is 0. The van der Waals surface area contributed by atoms with E-state index >= 15 is 0 Å². The van der Waals surface area contributed by atoms with Crippen LogP contribution in [0.1, 0.15) is 6.92 Å². The number of carbonyl (C=O) groups is 1. The second-order valence-corrected chi connectivity index (χ2v) is 5.66. The highest BCUT2D eigenvalue weighted by atomic mass is 32.1. The molecule has 0 fully saturated rings. The molecule has 3 rings (SSSR count). The van der Waals surface area contributed by atoms with Gasteiger partial charge in [-0.05, 0) is 19.1 Å². The number of carboxylic acid groups (broad SMARTS) is 1. The maximum absolute atomic E-state index is 13.8. The van der Waals surface area contributed by atoms with E-state index in [9.17, 15) is 9.18 Å². The van der Waals surface area contributed by atoms with Gasteiger partial charge in [-0.25, -0.2) is 9.37 Å². The molecule has 1 N–H and O–H groups in total. The van der Waals surface area contributed by atoms with E-state index in [1.165, 1.54) is 19.4 Å². The van der Waals surface area contributed by atoms with Crippen molar-refractivity contribution >= 4 is 18.6 Å². The molecular weight excluding hydrogens is 329 g/mol. The highest BCUT2D eigenvalue weighted by Gasteiger charge is 2.15. The van der Waals surface area contributed by atoms with E-state index in [4.69, 9.17) is 9.52 Å². The number of rotatable bonds is 3. The van der Waals surface area contributed by atoms with Crippen LogP contribution >= 0.6 is 12.6 Å². The summed E-state index contributed by atoms with van der Waals surface area (Å²) in [4.78, 5) is 13.8. The Balaban J connectivity index is 0.000000301. The maximum atomic E-state index is 13.8. The van der Waals surface area contributed by atoms with E-state index in [1.807, 2.05) is 30.3 Å². The van der Waals surface area contributed by atoms with Crippen LogP contribution in [0.4, 0.5) is 4.39 Å². The van der Waals surface area contributed by atoms with Gasteiger partial charge < -0.3 is 9.52 Å². The highest BCUT2D eigenvalue weighted by molar-refractivity contribution is 7.81. The number of hydrogen-bond acceptors (Lipinski definition) is 4. The topological polar surface area (TPSA) is 63.3 Å². The predicted molar refractivity (Wildman–Crippen MR) is 93.4 cm³/mol. The van der Waals surface area contributed by atoms with E-state index in [1.54, 1.807) is 18.2 Å². The van der Waals surface area contributed by atoms with Gasteiger partial charge in [-0.1, -0.05) is 42.5 Å². The number of hydrogen-bond donors (Lipinski definition) is 2. The van der Waals surface area contributed by atoms with Crippen molar-refractivity contribution in [2.75, 3.05) is 0 Å². The molecule has 0 aliphatic rings. The molecule has 2 aromatic carbocycles. The molecule has 0 aliphatic carbocycles. The zero-order chi connectivity index (χ0) is 17.5. The van der Waals surface area contributed by atoms with Gasteiger partial charge in [-0.2, -0.15) is 12.6 Å². The fourth-order valence-corrected chi connectivity index (χ4v) is 1.88. The average Bonchev–Trinajstić information content (AvgIpc) is 3.06.